The molecule has 0 saturated carbocycles. The highest BCUT2D eigenvalue weighted by atomic mass is 16.3. The fraction of sp³-hybridized carbons (Fsp3) is 0.818. The third kappa shape index (κ3) is 3.12. The molecule has 0 radical (unpaired) electrons. The molecular weight excluding hydrogens is 162 g/mol. The fourth-order valence-electron chi connectivity index (χ4n) is 1.81. The Labute approximate surface area is 81.0 Å². The lowest BCUT2D eigenvalue weighted by molar-refractivity contribution is 0.0925. The van der Waals surface area contributed by atoms with Gasteiger partial charge in [0.1, 0.15) is 0 Å². The molecule has 76 valence electrons. The quantitative estimate of drug-likeness (QED) is 0.652. The second-order valence-electron chi connectivity index (χ2n) is 4.03. The van der Waals surface area contributed by atoms with Crippen molar-refractivity contribution in [3.8, 4) is 0 Å². The van der Waals surface area contributed by atoms with E-state index in [1.165, 1.54) is 18.4 Å². The van der Waals surface area contributed by atoms with E-state index in [2.05, 4.69) is 18.3 Å². The lowest BCUT2D eigenvalue weighted by Gasteiger charge is -2.29. The number of likely N-dealkylation sites (N-methyl/N-ethyl adjacent to an activating group) is 1. The van der Waals surface area contributed by atoms with Crippen molar-refractivity contribution in [2.24, 2.45) is 0 Å². The second kappa shape index (κ2) is 4.77. The fourth-order valence-corrected chi connectivity index (χ4v) is 1.81. The summed E-state index contributed by atoms with van der Waals surface area (Å²) in [5.74, 6) is 0. The summed E-state index contributed by atoms with van der Waals surface area (Å²) in [6, 6.07) is 0. The Hall–Kier alpha value is -0.340. The smallest absolute Gasteiger partial charge is 0.0952 e. The van der Waals surface area contributed by atoms with Crippen LogP contribution in [0, 0.1) is 0 Å². The van der Waals surface area contributed by atoms with Gasteiger partial charge >= 0.3 is 0 Å². The molecular formula is C11H21NO. The molecule has 0 amide bonds. The van der Waals surface area contributed by atoms with Gasteiger partial charge in [-0.1, -0.05) is 13.0 Å². The van der Waals surface area contributed by atoms with Crippen molar-refractivity contribution >= 4 is 0 Å². The van der Waals surface area contributed by atoms with Gasteiger partial charge in [0.05, 0.1) is 5.60 Å². The number of nitrogens with one attached hydrogen (secondary N) is 1. The molecule has 1 rings (SSSR count). The van der Waals surface area contributed by atoms with E-state index in [-0.39, 0.29) is 0 Å². The van der Waals surface area contributed by atoms with E-state index in [0.29, 0.717) is 6.54 Å². The van der Waals surface area contributed by atoms with E-state index < -0.39 is 5.60 Å². The SMILES string of the molecule is CCNCC(C)(O)C1=CCCCC1. The van der Waals surface area contributed by atoms with Crippen LogP contribution in [0.4, 0.5) is 0 Å². The molecule has 13 heavy (non-hydrogen) atoms. The van der Waals surface area contributed by atoms with E-state index in [4.69, 9.17) is 0 Å². The number of aliphatic hydroxyl groups is 1. The van der Waals surface area contributed by atoms with Crippen LogP contribution in [0.15, 0.2) is 11.6 Å². The van der Waals surface area contributed by atoms with Crippen LogP contribution in [0.2, 0.25) is 0 Å². The summed E-state index contributed by atoms with van der Waals surface area (Å²) in [6.07, 6.45) is 6.92. The molecule has 1 unspecified atom stereocenters. The molecule has 0 saturated heterocycles. The Balaban J connectivity index is 2.51. The highest BCUT2D eigenvalue weighted by Gasteiger charge is 2.25. The van der Waals surface area contributed by atoms with E-state index in [1.807, 2.05) is 6.92 Å². The maximum atomic E-state index is 10.1. The second-order valence-corrected chi connectivity index (χ2v) is 4.03. The van der Waals surface area contributed by atoms with Gasteiger partial charge in [-0.05, 0) is 44.7 Å². The van der Waals surface area contributed by atoms with Crippen LogP contribution >= 0.6 is 0 Å². The first-order chi connectivity index (χ1) is 6.17. The van der Waals surface area contributed by atoms with Crippen LogP contribution in [-0.4, -0.2) is 23.8 Å². The topological polar surface area (TPSA) is 32.3 Å². The zero-order valence-electron chi connectivity index (χ0n) is 8.77. The summed E-state index contributed by atoms with van der Waals surface area (Å²) in [7, 11) is 0. The predicted octanol–water partition coefficient (Wildman–Crippen LogP) is 1.85. The Bertz CT molecular complexity index is 185. The van der Waals surface area contributed by atoms with Crippen LogP contribution in [-0.2, 0) is 0 Å². The molecule has 0 bridgehead atoms. The van der Waals surface area contributed by atoms with Gasteiger partial charge < -0.3 is 10.4 Å². The maximum Gasteiger partial charge on any atom is 0.0952 e. The minimum atomic E-state index is -0.629. The molecule has 1 atom stereocenters. The molecule has 0 aliphatic heterocycles. The number of hydrogen-bond donors (Lipinski definition) is 2. The van der Waals surface area contributed by atoms with Gasteiger partial charge in [0, 0.05) is 6.54 Å². The van der Waals surface area contributed by atoms with Crippen LogP contribution in [0.25, 0.3) is 0 Å². The summed E-state index contributed by atoms with van der Waals surface area (Å²) in [5, 5.41) is 13.3. The minimum Gasteiger partial charge on any atom is -0.384 e. The lowest BCUT2D eigenvalue weighted by atomic mass is 9.87. The highest BCUT2D eigenvalue weighted by molar-refractivity contribution is 5.17. The summed E-state index contributed by atoms with van der Waals surface area (Å²) in [6.45, 7) is 5.57. The monoisotopic (exact) mass is 183 g/mol. The third-order valence-corrected chi connectivity index (χ3v) is 2.70. The number of hydrogen-bond acceptors (Lipinski definition) is 2. The minimum absolute atomic E-state index is 0.629. The van der Waals surface area contributed by atoms with Gasteiger partial charge in [0.15, 0.2) is 0 Å². The van der Waals surface area contributed by atoms with Crippen molar-refractivity contribution in [3.63, 3.8) is 0 Å². The van der Waals surface area contributed by atoms with Crippen molar-refractivity contribution < 1.29 is 5.11 Å². The average molecular weight is 183 g/mol. The first kappa shape index (κ1) is 10.7. The van der Waals surface area contributed by atoms with E-state index in [0.717, 1.165) is 19.4 Å². The van der Waals surface area contributed by atoms with E-state index in [1.54, 1.807) is 0 Å². The van der Waals surface area contributed by atoms with Gasteiger partial charge in [-0.2, -0.15) is 0 Å². The van der Waals surface area contributed by atoms with Gasteiger partial charge in [0.2, 0.25) is 0 Å². The summed E-state index contributed by atoms with van der Waals surface area (Å²) >= 11 is 0. The van der Waals surface area contributed by atoms with Crippen molar-refractivity contribution in [1.82, 2.24) is 5.32 Å². The first-order valence-electron chi connectivity index (χ1n) is 5.29. The summed E-state index contributed by atoms with van der Waals surface area (Å²) in [5.41, 5.74) is 0.593. The normalized spacial score (nSPS) is 22.2. The largest absolute Gasteiger partial charge is 0.384 e. The Morgan fingerprint density at radius 3 is 2.85 bits per heavy atom. The van der Waals surface area contributed by atoms with E-state index in [9.17, 15) is 5.11 Å². The van der Waals surface area contributed by atoms with Crippen molar-refractivity contribution in [3.05, 3.63) is 11.6 Å². The van der Waals surface area contributed by atoms with Crippen molar-refractivity contribution in [2.75, 3.05) is 13.1 Å². The van der Waals surface area contributed by atoms with Gasteiger partial charge in [0.25, 0.3) is 0 Å². The average Bonchev–Trinajstić information content (AvgIpc) is 2.16. The molecule has 1 aliphatic carbocycles. The molecule has 2 nitrogen and oxygen atoms in total. The van der Waals surface area contributed by atoms with Crippen LogP contribution in [0.3, 0.4) is 0 Å². The number of rotatable bonds is 4. The molecule has 0 fully saturated rings. The van der Waals surface area contributed by atoms with Gasteiger partial charge in [-0.15, -0.1) is 0 Å². The molecule has 0 spiro atoms. The number of allylic oxidation sites excluding steroid dienone is 1. The van der Waals surface area contributed by atoms with Crippen molar-refractivity contribution in [1.29, 1.82) is 0 Å². The third-order valence-electron chi connectivity index (χ3n) is 2.70. The lowest BCUT2D eigenvalue weighted by Crippen LogP contribution is -2.39. The molecule has 2 N–H and O–H groups in total. The molecule has 0 aromatic heterocycles. The first-order valence-corrected chi connectivity index (χ1v) is 5.29. The van der Waals surface area contributed by atoms with E-state index >= 15 is 0 Å². The summed E-state index contributed by atoms with van der Waals surface area (Å²) in [4.78, 5) is 0. The zero-order chi connectivity index (χ0) is 9.73. The van der Waals surface area contributed by atoms with Gasteiger partial charge in [-0.25, -0.2) is 0 Å². The van der Waals surface area contributed by atoms with Crippen LogP contribution in [0.1, 0.15) is 39.5 Å². The van der Waals surface area contributed by atoms with Crippen LogP contribution in [0.5, 0.6) is 0 Å². The standard InChI is InChI=1S/C11H21NO/c1-3-12-9-11(2,13)10-7-5-4-6-8-10/h7,12-13H,3-6,8-9H2,1-2H3. The molecule has 1 aliphatic rings. The molecule has 0 heterocycles. The summed E-state index contributed by atoms with van der Waals surface area (Å²) < 4.78 is 0. The maximum absolute atomic E-state index is 10.1. The molecule has 2 heteroatoms. The predicted molar refractivity (Wildman–Crippen MR) is 55.7 cm³/mol. The zero-order valence-corrected chi connectivity index (χ0v) is 8.77. The van der Waals surface area contributed by atoms with Crippen LogP contribution < -0.4 is 5.32 Å². The Morgan fingerprint density at radius 1 is 1.54 bits per heavy atom. The molecule has 0 aromatic rings. The van der Waals surface area contributed by atoms with Gasteiger partial charge in [-0.3, -0.25) is 0 Å². The Kier molecular flexibility index (Phi) is 3.94. The molecule has 0 aromatic carbocycles. The highest BCUT2D eigenvalue weighted by Crippen LogP contribution is 2.26. The Morgan fingerprint density at radius 2 is 2.31 bits per heavy atom. The van der Waals surface area contributed by atoms with Crippen molar-refractivity contribution in [2.45, 2.75) is 45.1 Å².